The van der Waals surface area contributed by atoms with Gasteiger partial charge in [0.1, 0.15) is 6.04 Å². The molecule has 1 aliphatic carbocycles. The number of carbonyl (C=O) groups excluding carboxylic acids is 2. The number of thioether (sulfide) groups is 1. The number of carbonyl (C=O) groups is 2. The zero-order valence-electron chi connectivity index (χ0n) is 11.0. The third-order valence-corrected chi connectivity index (χ3v) is 3.49. The minimum Gasteiger partial charge on any atom is -0.467 e. The molecule has 0 aromatic carbocycles. The molecule has 1 saturated carbocycles. The van der Waals surface area contributed by atoms with Crippen LogP contribution in [-0.2, 0) is 14.3 Å². The van der Waals surface area contributed by atoms with E-state index >= 15 is 0 Å². The van der Waals surface area contributed by atoms with E-state index in [0.29, 0.717) is 6.42 Å². The second-order valence-electron chi connectivity index (χ2n) is 4.50. The van der Waals surface area contributed by atoms with Gasteiger partial charge >= 0.3 is 5.97 Å². The Bertz CT molecular complexity index is 282. The van der Waals surface area contributed by atoms with Gasteiger partial charge in [0.15, 0.2) is 0 Å². The van der Waals surface area contributed by atoms with E-state index in [4.69, 9.17) is 0 Å². The Kier molecular flexibility index (Phi) is 7.12. The molecule has 2 N–H and O–H groups in total. The molecule has 0 aliphatic heterocycles. The lowest BCUT2D eigenvalue weighted by molar-refractivity contribution is -0.145. The van der Waals surface area contributed by atoms with Crippen molar-refractivity contribution in [1.82, 2.24) is 10.6 Å². The van der Waals surface area contributed by atoms with Crippen LogP contribution in [0.2, 0.25) is 0 Å². The SMILES string of the molecule is COC(=O)C(CCSC)NC(=O)CNCC1CC1. The lowest BCUT2D eigenvalue weighted by Crippen LogP contribution is -2.45. The monoisotopic (exact) mass is 274 g/mol. The van der Waals surface area contributed by atoms with Gasteiger partial charge in [-0.3, -0.25) is 4.79 Å². The van der Waals surface area contributed by atoms with Crippen molar-refractivity contribution >= 4 is 23.6 Å². The predicted octanol–water partition coefficient (Wildman–Crippen LogP) is 0.397. The van der Waals surface area contributed by atoms with Crippen LogP contribution in [0.3, 0.4) is 0 Å². The summed E-state index contributed by atoms with van der Waals surface area (Å²) >= 11 is 1.64. The van der Waals surface area contributed by atoms with Crippen LogP contribution in [0, 0.1) is 5.92 Å². The van der Waals surface area contributed by atoms with Crippen LogP contribution < -0.4 is 10.6 Å². The third kappa shape index (κ3) is 6.26. The summed E-state index contributed by atoms with van der Waals surface area (Å²) in [6.07, 6.45) is 5.08. The van der Waals surface area contributed by atoms with Crippen LogP contribution in [0.1, 0.15) is 19.3 Å². The van der Waals surface area contributed by atoms with E-state index in [1.54, 1.807) is 11.8 Å². The van der Waals surface area contributed by atoms with Gasteiger partial charge in [-0.2, -0.15) is 11.8 Å². The molecule has 0 radical (unpaired) electrons. The molecule has 0 bridgehead atoms. The minimum atomic E-state index is -0.530. The van der Waals surface area contributed by atoms with Crippen molar-refractivity contribution in [2.24, 2.45) is 5.92 Å². The Morgan fingerprint density at radius 1 is 1.44 bits per heavy atom. The number of amides is 1. The highest BCUT2D eigenvalue weighted by Gasteiger charge is 2.22. The molecule has 1 rings (SSSR count). The maximum absolute atomic E-state index is 11.7. The fourth-order valence-corrected chi connectivity index (χ4v) is 2.06. The number of esters is 1. The van der Waals surface area contributed by atoms with Crippen molar-refractivity contribution in [2.45, 2.75) is 25.3 Å². The molecule has 104 valence electrons. The molecule has 0 saturated heterocycles. The number of ether oxygens (including phenoxy) is 1. The molecule has 1 atom stereocenters. The fraction of sp³-hybridized carbons (Fsp3) is 0.833. The van der Waals surface area contributed by atoms with E-state index in [0.717, 1.165) is 18.2 Å². The van der Waals surface area contributed by atoms with Gasteiger partial charge in [-0.25, -0.2) is 4.79 Å². The number of hydrogen-bond acceptors (Lipinski definition) is 5. The number of methoxy groups -OCH3 is 1. The highest BCUT2D eigenvalue weighted by atomic mass is 32.2. The molecular weight excluding hydrogens is 252 g/mol. The number of rotatable bonds is 9. The van der Waals surface area contributed by atoms with Crippen LogP contribution in [0.25, 0.3) is 0 Å². The summed E-state index contributed by atoms with van der Waals surface area (Å²) < 4.78 is 4.68. The first-order valence-electron chi connectivity index (χ1n) is 6.24. The molecule has 5 nitrogen and oxygen atoms in total. The summed E-state index contributed by atoms with van der Waals surface area (Å²) in [4.78, 5) is 23.1. The Hall–Kier alpha value is -0.750. The molecule has 0 aromatic rings. The zero-order valence-corrected chi connectivity index (χ0v) is 11.8. The topological polar surface area (TPSA) is 67.4 Å². The Morgan fingerprint density at radius 2 is 2.17 bits per heavy atom. The van der Waals surface area contributed by atoms with Crippen LogP contribution in [0.4, 0.5) is 0 Å². The zero-order chi connectivity index (χ0) is 13.4. The van der Waals surface area contributed by atoms with E-state index in [2.05, 4.69) is 15.4 Å². The van der Waals surface area contributed by atoms with Crippen LogP contribution >= 0.6 is 11.8 Å². The number of hydrogen-bond donors (Lipinski definition) is 2. The smallest absolute Gasteiger partial charge is 0.328 e. The predicted molar refractivity (Wildman–Crippen MR) is 72.5 cm³/mol. The molecule has 1 fully saturated rings. The summed E-state index contributed by atoms with van der Waals surface area (Å²) in [7, 11) is 1.34. The molecule has 0 heterocycles. The van der Waals surface area contributed by atoms with Crippen molar-refractivity contribution in [3.05, 3.63) is 0 Å². The lowest BCUT2D eigenvalue weighted by Gasteiger charge is -2.16. The average molecular weight is 274 g/mol. The molecule has 18 heavy (non-hydrogen) atoms. The van der Waals surface area contributed by atoms with Crippen molar-refractivity contribution in [3.63, 3.8) is 0 Å². The molecule has 1 unspecified atom stereocenters. The van der Waals surface area contributed by atoms with Crippen molar-refractivity contribution in [3.8, 4) is 0 Å². The summed E-state index contributed by atoms with van der Waals surface area (Å²) in [5, 5.41) is 5.80. The van der Waals surface area contributed by atoms with Gasteiger partial charge in [-0.05, 0) is 43.7 Å². The van der Waals surface area contributed by atoms with Gasteiger partial charge in [0.25, 0.3) is 0 Å². The van der Waals surface area contributed by atoms with E-state index in [1.165, 1.54) is 20.0 Å². The van der Waals surface area contributed by atoms with Crippen LogP contribution in [0.5, 0.6) is 0 Å². The van der Waals surface area contributed by atoms with Crippen LogP contribution in [-0.4, -0.2) is 50.1 Å². The van der Waals surface area contributed by atoms with Gasteiger partial charge in [-0.1, -0.05) is 0 Å². The molecule has 0 spiro atoms. The lowest BCUT2D eigenvalue weighted by atomic mass is 10.2. The van der Waals surface area contributed by atoms with E-state index in [-0.39, 0.29) is 18.4 Å². The maximum Gasteiger partial charge on any atom is 0.328 e. The first kappa shape index (κ1) is 15.3. The standard InChI is InChI=1S/C12H22N2O3S/c1-17-12(16)10(5-6-18-2)14-11(15)8-13-7-9-3-4-9/h9-10,13H,3-8H2,1-2H3,(H,14,15). The van der Waals surface area contributed by atoms with Gasteiger partial charge in [0.2, 0.25) is 5.91 Å². The summed E-state index contributed by atoms with van der Waals surface area (Å²) in [6, 6.07) is -0.530. The van der Waals surface area contributed by atoms with Crippen molar-refractivity contribution in [2.75, 3.05) is 32.2 Å². The van der Waals surface area contributed by atoms with E-state index < -0.39 is 6.04 Å². The normalized spacial score (nSPS) is 16.1. The first-order chi connectivity index (χ1) is 8.67. The average Bonchev–Trinajstić information content (AvgIpc) is 3.17. The number of nitrogens with one attached hydrogen (secondary N) is 2. The van der Waals surface area contributed by atoms with Gasteiger partial charge < -0.3 is 15.4 Å². The fourth-order valence-electron chi connectivity index (χ4n) is 1.58. The quantitative estimate of drug-likeness (QED) is 0.596. The second-order valence-corrected chi connectivity index (χ2v) is 5.48. The van der Waals surface area contributed by atoms with Crippen molar-refractivity contribution in [1.29, 1.82) is 0 Å². The Labute approximate surface area is 112 Å². The summed E-state index contributed by atoms with van der Waals surface area (Å²) in [5.74, 6) is 1.03. The summed E-state index contributed by atoms with van der Waals surface area (Å²) in [6.45, 7) is 1.16. The minimum absolute atomic E-state index is 0.146. The van der Waals surface area contributed by atoms with Gasteiger partial charge in [0.05, 0.1) is 13.7 Å². The molecular formula is C12H22N2O3S. The van der Waals surface area contributed by atoms with Gasteiger partial charge in [0, 0.05) is 0 Å². The molecule has 0 aromatic heterocycles. The highest BCUT2D eigenvalue weighted by Crippen LogP contribution is 2.27. The van der Waals surface area contributed by atoms with Crippen LogP contribution in [0.15, 0.2) is 0 Å². The molecule has 1 aliphatic rings. The molecule has 6 heteroatoms. The Morgan fingerprint density at radius 3 is 2.72 bits per heavy atom. The van der Waals surface area contributed by atoms with Gasteiger partial charge in [-0.15, -0.1) is 0 Å². The first-order valence-corrected chi connectivity index (χ1v) is 7.63. The largest absolute Gasteiger partial charge is 0.467 e. The highest BCUT2D eigenvalue weighted by molar-refractivity contribution is 7.98. The summed E-state index contributed by atoms with van der Waals surface area (Å²) in [5.41, 5.74) is 0. The second kappa shape index (κ2) is 8.37. The molecule has 1 amide bonds. The van der Waals surface area contributed by atoms with E-state index in [9.17, 15) is 9.59 Å². The third-order valence-electron chi connectivity index (χ3n) is 2.85. The van der Waals surface area contributed by atoms with Crippen molar-refractivity contribution < 1.29 is 14.3 Å². The van der Waals surface area contributed by atoms with E-state index in [1.807, 2.05) is 6.26 Å². The maximum atomic E-state index is 11.7. The Balaban J connectivity index is 2.23.